The number of alkyl carbamates (subject to hydrolysis) is 1. The highest BCUT2D eigenvalue weighted by atomic mass is 19.1. The first-order valence-electron chi connectivity index (χ1n) is 6.49. The Morgan fingerprint density at radius 3 is 2.86 bits per heavy atom. The number of ether oxygens (including phenoxy) is 1. The van der Waals surface area contributed by atoms with Crippen LogP contribution >= 0.6 is 0 Å². The van der Waals surface area contributed by atoms with Gasteiger partial charge in [-0.05, 0) is 11.5 Å². The molecule has 0 bridgehead atoms. The third-order valence-corrected chi connectivity index (χ3v) is 2.62. The number of hydrogen-bond acceptors (Lipinski definition) is 4. The molecule has 2 aromatic rings. The summed E-state index contributed by atoms with van der Waals surface area (Å²) in [4.78, 5) is 15.2. The Morgan fingerprint density at radius 1 is 1.36 bits per heavy atom. The number of aromatic nitrogens is 1. The van der Waals surface area contributed by atoms with E-state index in [1.807, 2.05) is 30.3 Å². The van der Waals surface area contributed by atoms with Crippen LogP contribution < -0.4 is 11.1 Å². The number of nitrogens with one attached hydrogen (secondary N) is 1. The molecule has 0 aliphatic heterocycles. The van der Waals surface area contributed by atoms with Gasteiger partial charge in [-0.2, -0.15) is 0 Å². The fourth-order valence-corrected chi connectivity index (χ4v) is 1.58. The maximum Gasteiger partial charge on any atom is 0.408 e. The first kappa shape index (κ1) is 15.3. The Bertz CT molecular complexity index is 708. The van der Waals surface area contributed by atoms with Crippen molar-refractivity contribution < 1.29 is 13.9 Å². The fraction of sp³-hybridized carbons (Fsp3) is 0.125. The zero-order chi connectivity index (χ0) is 15.8. The number of nitrogens with zero attached hydrogens (tertiary/aromatic N) is 1. The molecule has 0 atom stereocenters. The van der Waals surface area contributed by atoms with Crippen LogP contribution in [0, 0.1) is 17.7 Å². The normalized spacial score (nSPS) is 9.50. The lowest BCUT2D eigenvalue weighted by atomic mass is 10.2. The van der Waals surface area contributed by atoms with E-state index in [1.54, 1.807) is 0 Å². The number of pyridine rings is 1. The number of hydrogen-bond donors (Lipinski definition) is 2. The minimum Gasteiger partial charge on any atom is -0.445 e. The van der Waals surface area contributed by atoms with Crippen LogP contribution in [-0.2, 0) is 11.3 Å². The molecule has 1 aromatic carbocycles. The summed E-state index contributed by atoms with van der Waals surface area (Å²) in [5.74, 6) is 4.79. The number of nitrogen functional groups attached to an aromatic ring is 1. The number of anilines is 1. The lowest BCUT2D eigenvalue weighted by Crippen LogP contribution is -2.24. The van der Waals surface area contributed by atoms with Crippen molar-refractivity contribution in [2.75, 3.05) is 12.3 Å². The summed E-state index contributed by atoms with van der Waals surface area (Å²) in [5, 5.41) is 2.48. The number of carbonyl (C=O) groups excluding carboxylic acids is 1. The van der Waals surface area contributed by atoms with Crippen LogP contribution in [-0.4, -0.2) is 17.6 Å². The van der Waals surface area contributed by atoms with Crippen molar-refractivity contribution in [1.82, 2.24) is 10.3 Å². The van der Waals surface area contributed by atoms with Crippen LogP contribution in [0.1, 0.15) is 11.3 Å². The zero-order valence-corrected chi connectivity index (χ0v) is 11.7. The van der Waals surface area contributed by atoms with Gasteiger partial charge in [-0.15, -0.1) is 0 Å². The average Bonchev–Trinajstić information content (AvgIpc) is 2.52. The average molecular weight is 299 g/mol. The van der Waals surface area contributed by atoms with Gasteiger partial charge in [-0.1, -0.05) is 36.3 Å². The number of amides is 1. The molecule has 0 radical (unpaired) electrons. The minimum atomic E-state index is -0.571. The second kappa shape index (κ2) is 7.64. The molecule has 0 fully saturated rings. The minimum absolute atomic E-state index is 0.0755. The number of benzene rings is 1. The van der Waals surface area contributed by atoms with Crippen molar-refractivity contribution in [3.05, 3.63) is 59.7 Å². The molecular formula is C16H14FN3O2. The first-order valence-corrected chi connectivity index (χ1v) is 6.49. The molecular weight excluding hydrogens is 285 g/mol. The number of halogens is 1. The molecule has 0 saturated heterocycles. The van der Waals surface area contributed by atoms with Crippen molar-refractivity contribution in [2.24, 2.45) is 0 Å². The largest absolute Gasteiger partial charge is 0.445 e. The van der Waals surface area contributed by atoms with Gasteiger partial charge in [-0.3, -0.25) is 0 Å². The van der Waals surface area contributed by atoms with Gasteiger partial charge >= 0.3 is 6.09 Å². The molecule has 0 aliphatic rings. The summed E-state index contributed by atoms with van der Waals surface area (Å²) in [7, 11) is 0. The van der Waals surface area contributed by atoms with Crippen molar-refractivity contribution in [3.8, 4) is 11.8 Å². The Kier molecular flexibility index (Phi) is 5.32. The van der Waals surface area contributed by atoms with E-state index in [1.165, 1.54) is 0 Å². The van der Waals surface area contributed by atoms with E-state index in [0.717, 1.165) is 17.8 Å². The van der Waals surface area contributed by atoms with E-state index < -0.39 is 11.9 Å². The van der Waals surface area contributed by atoms with Crippen molar-refractivity contribution in [2.45, 2.75) is 6.61 Å². The Balaban J connectivity index is 1.76. The number of nitrogens with two attached hydrogens (primary N) is 1. The third-order valence-electron chi connectivity index (χ3n) is 2.62. The van der Waals surface area contributed by atoms with Gasteiger partial charge in [0.15, 0.2) is 0 Å². The summed E-state index contributed by atoms with van der Waals surface area (Å²) in [5.41, 5.74) is 6.87. The fourth-order valence-electron chi connectivity index (χ4n) is 1.58. The van der Waals surface area contributed by atoms with Crippen LogP contribution in [0.25, 0.3) is 0 Å². The van der Waals surface area contributed by atoms with E-state index in [2.05, 4.69) is 22.1 Å². The monoisotopic (exact) mass is 299 g/mol. The van der Waals surface area contributed by atoms with Gasteiger partial charge in [0, 0.05) is 6.07 Å². The summed E-state index contributed by atoms with van der Waals surface area (Å²) < 4.78 is 17.8. The Hall–Kier alpha value is -3.07. The molecule has 22 heavy (non-hydrogen) atoms. The summed E-state index contributed by atoms with van der Waals surface area (Å²) in [6.45, 7) is 0.263. The molecule has 1 heterocycles. The standard InChI is InChI=1S/C16H14FN3O2/c17-13-9-14(18)15(20-10-13)7-4-8-19-16(21)22-11-12-5-2-1-3-6-12/h1-3,5-6,9-10H,8,11,18H2,(H,19,21). The Labute approximate surface area is 127 Å². The number of carbonyl (C=O) groups is 1. The summed E-state index contributed by atoms with van der Waals surface area (Å²) >= 11 is 0. The highest BCUT2D eigenvalue weighted by molar-refractivity contribution is 5.67. The maximum atomic E-state index is 12.8. The van der Waals surface area contributed by atoms with E-state index in [4.69, 9.17) is 10.5 Å². The molecule has 1 aromatic heterocycles. The van der Waals surface area contributed by atoms with E-state index >= 15 is 0 Å². The zero-order valence-electron chi connectivity index (χ0n) is 11.7. The highest BCUT2D eigenvalue weighted by Gasteiger charge is 2.01. The molecule has 1 amide bonds. The van der Waals surface area contributed by atoms with Gasteiger partial charge in [0.25, 0.3) is 0 Å². The van der Waals surface area contributed by atoms with Crippen molar-refractivity contribution in [1.29, 1.82) is 0 Å². The van der Waals surface area contributed by atoms with Crippen molar-refractivity contribution in [3.63, 3.8) is 0 Å². The highest BCUT2D eigenvalue weighted by Crippen LogP contribution is 2.07. The Morgan fingerprint density at radius 2 is 2.14 bits per heavy atom. The van der Waals surface area contributed by atoms with Gasteiger partial charge in [0.2, 0.25) is 0 Å². The van der Waals surface area contributed by atoms with Crippen LogP contribution in [0.5, 0.6) is 0 Å². The molecule has 112 valence electrons. The molecule has 2 rings (SSSR count). The lowest BCUT2D eigenvalue weighted by Gasteiger charge is -2.04. The van der Waals surface area contributed by atoms with Crippen LogP contribution in [0.4, 0.5) is 14.9 Å². The SMILES string of the molecule is Nc1cc(F)cnc1C#CCNC(=O)OCc1ccccc1. The first-order chi connectivity index (χ1) is 10.6. The maximum absolute atomic E-state index is 12.8. The van der Waals surface area contributed by atoms with Gasteiger partial charge in [0.05, 0.1) is 18.4 Å². The lowest BCUT2D eigenvalue weighted by molar-refractivity contribution is 0.141. The predicted molar refractivity (Wildman–Crippen MR) is 80.1 cm³/mol. The predicted octanol–water partition coefficient (Wildman–Crippen LogP) is 2.08. The van der Waals surface area contributed by atoms with E-state index in [-0.39, 0.29) is 24.5 Å². The molecule has 6 heteroatoms. The van der Waals surface area contributed by atoms with Crippen molar-refractivity contribution >= 4 is 11.8 Å². The van der Waals surface area contributed by atoms with Gasteiger partial charge in [-0.25, -0.2) is 14.2 Å². The summed E-state index contributed by atoms with van der Waals surface area (Å²) in [6.07, 6.45) is 0.459. The quantitative estimate of drug-likeness (QED) is 0.851. The second-order valence-corrected chi connectivity index (χ2v) is 4.31. The molecule has 0 saturated carbocycles. The topological polar surface area (TPSA) is 77.2 Å². The summed E-state index contributed by atoms with van der Waals surface area (Å²) in [6, 6.07) is 10.5. The van der Waals surface area contributed by atoms with E-state index in [0.29, 0.717) is 0 Å². The molecule has 0 aliphatic carbocycles. The van der Waals surface area contributed by atoms with Crippen LogP contribution in [0.3, 0.4) is 0 Å². The van der Waals surface area contributed by atoms with Crippen LogP contribution in [0.15, 0.2) is 42.6 Å². The van der Waals surface area contributed by atoms with E-state index in [9.17, 15) is 9.18 Å². The number of rotatable bonds is 3. The molecule has 0 unspecified atom stereocenters. The third kappa shape index (κ3) is 4.80. The molecule has 0 spiro atoms. The van der Waals surface area contributed by atoms with Gasteiger partial charge in [0.1, 0.15) is 18.1 Å². The second-order valence-electron chi connectivity index (χ2n) is 4.31. The molecule has 3 N–H and O–H groups in total. The molecule has 5 nitrogen and oxygen atoms in total. The van der Waals surface area contributed by atoms with Crippen LogP contribution in [0.2, 0.25) is 0 Å². The van der Waals surface area contributed by atoms with Gasteiger partial charge < -0.3 is 15.8 Å². The smallest absolute Gasteiger partial charge is 0.408 e.